The largest absolute Gasteiger partial charge is 0.382 e. The summed E-state index contributed by atoms with van der Waals surface area (Å²) >= 11 is 0. The van der Waals surface area contributed by atoms with E-state index in [1.807, 2.05) is 25.1 Å². The van der Waals surface area contributed by atoms with Gasteiger partial charge in [0.05, 0.1) is 0 Å². The van der Waals surface area contributed by atoms with Gasteiger partial charge < -0.3 is 14.9 Å². The van der Waals surface area contributed by atoms with Crippen LogP contribution in [0.3, 0.4) is 0 Å². The van der Waals surface area contributed by atoms with E-state index in [9.17, 15) is 4.79 Å². The van der Waals surface area contributed by atoms with Crippen molar-refractivity contribution >= 4 is 12.3 Å². The minimum Gasteiger partial charge on any atom is -0.382 e. The van der Waals surface area contributed by atoms with Crippen molar-refractivity contribution in [1.29, 1.82) is 0 Å². The molecule has 0 radical (unpaired) electrons. The molecule has 4 nitrogen and oxygen atoms in total. The fourth-order valence-electron chi connectivity index (χ4n) is 1.16. The fraction of sp³-hybridized carbons (Fsp3) is 0.500. The summed E-state index contributed by atoms with van der Waals surface area (Å²) in [7, 11) is 3.77. The van der Waals surface area contributed by atoms with Gasteiger partial charge in [0, 0.05) is 20.3 Å². The normalized spacial score (nSPS) is 13.6. The molecule has 0 bridgehead atoms. The number of hydrogen-bond acceptors (Lipinski definition) is 2. The maximum absolute atomic E-state index is 11.4. The lowest BCUT2D eigenvalue weighted by molar-refractivity contribution is 0.612. The third-order valence-corrected chi connectivity index (χ3v) is 1.79. The van der Waals surface area contributed by atoms with Gasteiger partial charge >= 0.3 is 0 Å². The molecule has 4 heteroatoms. The maximum atomic E-state index is 11.4. The number of rotatable bonds is 3. The zero-order chi connectivity index (χ0) is 10.6. The molecular weight excluding hydrogens is 178 g/mol. The number of H-pyrrole nitrogens is 2. The third kappa shape index (κ3) is 2.80. The average molecular weight is 195 g/mol. The summed E-state index contributed by atoms with van der Waals surface area (Å²) in [4.78, 5) is 19.0. The molecular formula is C10H17N3O. The standard InChI is InChI=1S/C10H17N3O/c1-4-5-6-9-11-8(7-13(2)3)10(14)12-9/h6-7,11H,4-5H2,1-3H3,(H,12,14). The first-order chi connectivity index (χ1) is 6.63. The van der Waals surface area contributed by atoms with E-state index < -0.39 is 0 Å². The van der Waals surface area contributed by atoms with E-state index in [-0.39, 0.29) is 5.56 Å². The van der Waals surface area contributed by atoms with Crippen molar-refractivity contribution in [3.63, 3.8) is 0 Å². The molecule has 0 aromatic carbocycles. The summed E-state index contributed by atoms with van der Waals surface area (Å²) in [6, 6.07) is 0. The summed E-state index contributed by atoms with van der Waals surface area (Å²) in [5.41, 5.74) is 0.728. The molecule has 14 heavy (non-hydrogen) atoms. The van der Waals surface area contributed by atoms with Crippen molar-refractivity contribution in [1.82, 2.24) is 14.9 Å². The molecule has 0 atom stereocenters. The Kier molecular flexibility index (Phi) is 3.56. The molecule has 78 valence electrons. The molecule has 0 aliphatic heterocycles. The number of imidazole rings is 1. The SMILES string of the molecule is CCCC=c1[nH]c(=O)c(=CN(C)C)[nH]1. The van der Waals surface area contributed by atoms with E-state index >= 15 is 0 Å². The monoisotopic (exact) mass is 195 g/mol. The molecule has 0 aliphatic rings. The number of hydrogen-bond donors (Lipinski definition) is 2. The molecule has 1 aromatic rings. The Morgan fingerprint density at radius 3 is 2.64 bits per heavy atom. The average Bonchev–Trinajstić information content (AvgIpc) is 2.43. The van der Waals surface area contributed by atoms with Crippen LogP contribution in [-0.4, -0.2) is 29.0 Å². The van der Waals surface area contributed by atoms with Crippen LogP contribution in [0.5, 0.6) is 0 Å². The Morgan fingerprint density at radius 1 is 1.36 bits per heavy atom. The van der Waals surface area contributed by atoms with Crippen LogP contribution >= 0.6 is 0 Å². The van der Waals surface area contributed by atoms with Crippen LogP contribution in [-0.2, 0) is 0 Å². The highest BCUT2D eigenvalue weighted by molar-refractivity contribution is 5.18. The molecule has 0 amide bonds. The molecule has 0 aliphatic carbocycles. The van der Waals surface area contributed by atoms with E-state index in [1.165, 1.54) is 0 Å². The lowest BCUT2D eigenvalue weighted by Crippen LogP contribution is -2.25. The lowest BCUT2D eigenvalue weighted by atomic mass is 10.3. The Morgan fingerprint density at radius 2 is 2.07 bits per heavy atom. The molecule has 1 heterocycles. The van der Waals surface area contributed by atoms with Crippen molar-refractivity contribution in [2.75, 3.05) is 14.1 Å². The number of unbranched alkanes of at least 4 members (excludes halogenated alkanes) is 1. The highest BCUT2D eigenvalue weighted by Gasteiger charge is 1.91. The van der Waals surface area contributed by atoms with E-state index in [0.717, 1.165) is 18.3 Å². The molecule has 0 unspecified atom stereocenters. The van der Waals surface area contributed by atoms with Crippen LogP contribution in [0.1, 0.15) is 19.8 Å². The highest BCUT2D eigenvalue weighted by Crippen LogP contribution is 1.83. The first-order valence-electron chi connectivity index (χ1n) is 4.80. The quantitative estimate of drug-likeness (QED) is 0.688. The Bertz CT molecular complexity index is 439. The van der Waals surface area contributed by atoms with E-state index in [1.54, 1.807) is 6.20 Å². The van der Waals surface area contributed by atoms with Gasteiger partial charge in [-0.15, -0.1) is 0 Å². The molecule has 0 saturated carbocycles. The van der Waals surface area contributed by atoms with Crippen molar-refractivity contribution in [3.05, 3.63) is 21.2 Å². The van der Waals surface area contributed by atoms with Crippen LogP contribution in [0, 0.1) is 0 Å². The van der Waals surface area contributed by atoms with Gasteiger partial charge in [0.2, 0.25) is 0 Å². The number of aromatic amines is 2. The summed E-state index contributed by atoms with van der Waals surface area (Å²) < 4.78 is 0. The van der Waals surface area contributed by atoms with Crippen LogP contribution in [0.15, 0.2) is 4.79 Å². The van der Waals surface area contributed by atoms with Crippen LogP contribution in [0.4, 0.5) is 0 Å². The Balaban J connectivity index is 3.12. The molecule has 0 saturated heterocycles. The van der Waals surface area contributed by atoms with Crippen molar-refractivity contribution in [2.24, 2.45) is 0 Å². The van der Waals surface area contributed by atoms with Gasteiger partial charge in [-0.25, -0.2) is 0 Å². The minimum absolute atomic E-state index is 0.0685. The van der Waals surface area contributed by atoms with Crippen molar-refractivity contribution < 1.29 is 0 Å². The van der Waals surface area contributed by atoms with Crippen LogP contribution in [0.25, 0.3) is 12.3 Å². The Labute approximate surface area is 83.0 Å². The second kappa shape index (κ2) is 4.69. The van der Waals surface area contributed by atoms with E-state index in [4.69, 9.17) is 0 Å². The summed E-state index contributed by atoms with van der Waals surface area (Å²) in [5.74, 6) is 0. The van der Waals surface area contributed by atoms with E-state index in [0.29, 0.717) is 5.35 Å². The topological polar surface area (TPSA) is 51.9 Å². The third-order valence-electron chi connectivity index (χ3n) is 1.79. The van der Waals surface area contributed by atoms with Gasteiger partial charge in [-0.3, -0.25) is 4.79 Å². The smallest absolute Gasteiger partial charge is 0.274 e. The lowest BCUT2D eigenvalue weighted by Gasteiger charge is -2.00. The maximum Gasteiger partial charge on any atom is 0.274 e. The second-order valence-electron chi connectivity index (χ2n) is 3.49. The minimum atomic E-state index is -0.0685. The zero-order valence-corrected chi connectivity index (χ0v) is 8.92. The number of nitrogens with zero attached hydrogens (tertiary/aromatic N) is 1. The summed E-state index contributed by atoms with van der Waals surface area (Å²) in [5, 5.41) is 0.595. The predicted octanol–water partition coefficient (Wildman–Crippen LogP) is -0.417. The van der Waals surface area contributed by atoms with Gasteiger partial charge in [-0.2, -0.15) is 0 Å². The molecule has 1 rings (SSSR count). The van der Waals surface area contributed by atoms with Crippen LogP contribution < -0.4 is 16.4 Å². The van der Waals surface area contributed by atoms with Gasteiger partial charge in [0.1, 0.15) is 10.8 Å². The number of nitrogens with one attached hydrogen (secondary N) is 2. The van der Waals surface area contributed by atoms with Crippen molar-refractivity contribution in [3.8, 4) is 0 Å². The van der Waals surface area contributed by atoms with E-state index in [2.05, 4.69) is 16.9 Å². The number of aromatic nitrogens is 2. The summed E-state index contributed by atoms with van der Waals surface area (Å²) in [6.45, 7) is 2.10. The first-order valence-corrected chi connectivity index (χ1v) is 4.80. The van der Waals surface area contributed by atoms with Crippen LogP contribution in [0.2, 0.25) is 0 Å². The predicted molar refractivity (Wildman–Crippen MR) is 58.2 cm³/mol. The molecule has 0 fully saturated rings. The van der Waals surface area contributed by atoms with Gasteiger partial charge in [0.15, 0.2) is 0 Å². The van der Waals surface area contributed by atoms with Gasteiger partial charge in [-0.1, -0.05) is 13.3 Å². The fourth-order valence-corrected chi connectivity index (χ4v) is 1.16. The highest BCUT2D eigenvalue weighted by atomic mass is 16.1. The van der Waals surface area contributed by atoms with Gasteiger partial charge in [0.25, 0.3) is 5.56 Å². The Hall–Kier alpha value is -1.45. The molecule has 0 spiro atoms. The van der Waals surface area contributed by atoms with Gasteiger partial charge in [-0.05, 0) is 12.5 Å². The molecule has 1 aromatic heterocycles. The second-order valence-corrected chi connectivity index (χ2v) is 3.49. The van der Waals surface area contributed by atoms with Crippen molar-refractivity contribution in [2.45, 2.75) is 19.8 Å². The summed E-state index contributed by atoms with van der Waals surface area (Å²) in [6.07, 6.45) is 5.81. The molecule has 2 N–H and O–H groups in total. The zero-order valence-electron chi connectivity index (χ0n) is 8.92. The first kappa shape index (κ1) is 10.6.